The van der Waals surface area contributed by atoms with Crippen molar-refractivity contribution in [2.45, 2.75) is 6.92 Å². The van der Waals surface area contributed by atoms with E-state index in [1.807, 2.05) is 0 Å². The minimum absolute atomic E-state index is 0.00646. The molecule has 0 aliphatic rings. The van der Waals surface area contributed by atoms with Gasteiger partial charge in [0.2, 0.25) is 0 Å². The van der Waals surface area contributed by atoms with Gasteiger partial charge >= 0.3 is 5.97 Å². The van der Waals surface area contributed by atoms with Crippen molar-refractivity contribution in [2.24, 2.45) is 5.10 Å². The highest BCUT2D eigenvalue weighted by Gasteiger charge is 2.14. The molecule has 1 aromatic carbocycles. The van der Waals surface area contributed by atoms with Crippen LogP contribution in [0.1, 0.15) is 17.3 Å². The van der Waals surface area contributed by atoms with Crippen LogP contribution >= 0.6 is 43.5 Å². The molecule has 0 atom stereocenters. The lowest BCUT2D eigenvalue weighted by Crippen LogP contribution is -2.08. The maximum atomic E-state index is 11.1. The first kappa shape index (κ1) is 15.1. The largest absolute Gasteiger partial charge is 0.478 e. The van der Waals surface area contributed by atoms with Gasteiger partial charge < -0.3 is 5.11 Å². The maximum absolute atomic E-state index is 11.1. The lowest BCUT2D eigenvalue weighted by molar-refractivity contribution is -0.110. The molecule has 0 saturated carbocycles. The summed E-state index contributed by atoms with van der Waals surface area (Å²) in [4.78, 5) is 22.0. The maximum Gasteiger partial charge on any atom is 0.337 e. The Morgan fingerprint density at radius 2 is 2.00 bits per heavy atom. The third kappa shape index (κ3) is 3.79. The Balaban J connectivity index is 3.20. The number of ketones is 1. The molecule has 0 bridgehead atoms. The number of Topliss-reactive ketones (excluding diaryl/α,β-unsaturated/α-hetero) is 1. The molecule has 0 aliphatic heterocycles. The Morgan fingerprint density at radius 1 is 1.39 bits per heavy atom. The molecule has 0 heterocycles. The zero-order valence-corrected chi connectivity index (χ0v) is 12.9. The number of benzene rings is 1. The highest BCUT2D eigenvalue weighted by Crippen LogP contribution is 2.30. The van der Waals surface area contributed by atoms with Gasteiger partial charge in [-0.1, -0.05) is 27.5 Å². The summed E-state index contributed by atoms with van der Waals surface area (Å²) in [6.07, 6.45) is 0. The first-order chi connectivity index (χ1) is 8.32. The molecule has 0 fully saturated rings. The van der Waals surface area contributed by atoms with Gasteiger partial charge in [-0.25, -0.2) is 4.79 Å². The van der Waals surface area contributed by atoms with Gasteiger partial charge in [-0.2, -0.15) is 5.10 Å². The van der Waals surface area contributed by atoms with Crippen molar-refractivity contribution in [3.05, 3.63) is 26.6 Å². The number of halogens is 3. The number of rotatable bonds is 4. The van der Waals surface area contributed by atoms with Crippen molar-refractivity contribution < 1.29 is 14.7 Å². The second-order valence-electron chi connectivity index (χ2n) is 3.19. The van der Waals surface area contributed by atoms with Crippen LogP contribution in [0.3, 0.4) is 0 Å². The van der Waals surface area contributed by atoms with E-state index in [1.54, 1.807) is 6.07 Å². The first-order valence-electron chi connectivity index (χ1n) is 4.55. The Bertz CT molecular complexity index is 546. The summed E-state index contributed by atoms with van der Waals surface area (Å²) < 4.78 is 1.07. The van der Waals surface area contributed by atoms with Crippen LogP contribution in [0.15, 0.2) is 26.2 Å². The molecule has 5 nitrogen and oxygen atoms in total. The zero-order valence-electron chi connectivity index (χ0n) is 9.00. The van der Waals surface area contributed by atoms with E-state index in [-0.39, 0.29) is 16.4 Å². The first-order valence-corrected chi connectivity index (χ1v) is 6.51. The zero-order chi connectivity index (χ0) is 13.9. The Morgan fingerprint density at radius 3 is 2.50 bits per heavy atom. The molecule has 0 saturated heterocycles. The predicted molar refractivity (Wildman–Crippen MR) is 76.4 cm³/mol. The van der Waals surface area contributed by atoms with E-state index >= 15 is 0 Å². The Kier molecular flexibility index (Phi) is 5.30. The minimum Gasteiger partial charge on any atom is -0.478 e. The van der Waals surface area contributed by atoms with E-state index in [2.05, 4.69) is 42.4 Å². The molecule has 1 rings (SSSR count). The molecule has 0 aromatic heterocycles. The van der Waals surface area contributed by atoms with Gasteiger partial charge in [0.25, 0.3) is 0 Å². The Labute approximate surface area is 124 Å². The summed E-state index contributed by atoms with van der Waals surface area (Å²) in [5.41, 5.74) is 2.66. The number of carboxylic acids is 1. The van der Waals surface area contributed by atoms with E-state index in [0.29, 0.717) is 8.95 Å². The number of anilines is 1. The molecule has 2 N–H and O–H groups in total. The van der Waals surface area contributed by atoms with Crippen LogP contribution in [0.4, 0.5) is 5.69 Å². The van der Waals surface area contributed by atoms with Crippen LogP contribution in [0, 0.1) is 0 Å². The predicted octanol–water partition coefficient (Wildman–Crippen LogP) is 3.46. The number of hydrogen-bond acceptors (Lipinski definition) is 4. The summed E-state index contributed by atoms with van der Waals surface area (Å²) in [5, 5.41) is 12.4. The van der Waals surface area contributed by atoms with Crippen LogP contribution in [-0.2, 0) is 4.79 Å². The van der Waals surface area contributed by atoms with Gasteiger partial charge in [0.1, 0.15) is 0 Å². The second-order valence-corrected chi connectivity index (χ2v) is 5.31. The van der Waals surface area contributed by atoms with E-state index < -0.39 is 11.8 Å². The quantitative estimate of drug-likeness (QED) is 0.601. The van der Waals surface area contributed by atoms with Gasteiger partial charge in [0.05, 0.1) is 11.3 Å². The van der Waals surface area contributed by atoms with E-state index in [9.17, 15) is 9.59 Å². The monoisotopic (exact) mass is 396 g/mol. The van der Waals surface area contributed by atoms with Crippen molar-refractivity contribution in [1.29, 1.82) is 0 Å². The normalized spacial score (nSPS) is 11.2. The van der Waals surface area contributed by atoms with Crippen LogP contribution in [0.25, 0.3) is 0 Å². The third-order valence-corrected chi connectivity index (χ3v) is 3.28. The van der Waals surface area contributed by atoms with E-state index in [0.717, 1.165) is 0 Å². The number of carbonyl (C=O) groups excluding carboxylic acids is 1. The minimum atomic E-state index is -1.13. The molecule has 18 heavy (non-hydrogen) atoms. The standard InChI is InChI=1S/C10H7Br2ClN2O3/c1-4(16)9(13)15-14-8-6(10(17)18)2-5(11)3-7(8)12/h2-3,14H,1H3,(H,17,18). The number of hydrogen-bond donors (Lipinski definition) is 2. The molecule has 0 spiro atoms. The van der Waals surface area contributed by atoms with Crippen molar-refractivity contribution in [1.82, 2.24) is 0 Å². The SMILES string of the molecule is CC(=O)C(Cl)=NNc1c(Br)cc(Br)cc1C(=O)O. The second kappa shape index (κ2) is 6.31. The number of carboxylic acid groups (broad SMARTS) is 1. The average Bonchev–Trinajstić information content (AvgIpc) is 2.26. The summed E-state index contributed by atoms with van der Waals surface area (Å²) in [6, 6.07) is 3.05. The van der Waals surface area contributed by atoms with Crippen molar-refractivity contribution in [3.63, 3.8) is 0 Å². The average molecular weight is 398 g/mol. The van der Waals surface area contributed by atoms with Gasteiger partial charge in [-0.05, 0) is 28.1 Å². The third-order valence-electron chi connectivity index (χ3n) is 1.84. The fraction of sp³-hybridized carbons (Fsp3) is 0.100. The van der Waals surface area contributed by atoms with Crippen molar-refractivity contribution in [2.75, 3.05) is 5.43 Å². The number of aromatic carboxylic acids is 1. The molecule has 8 heteroatoms. The molecule has 0 amide bonds. The van der Waals surface area contributed by atoms with Crippen molar-refractivity contribution >= 4 is 66.1 Å². The highest BCUT2D eigenvalue weighted by molar-refractivity contribution is 9.11. The summed E-state index contributed by atoms with van der Waals surface area (Å²) in [5.74, 6) is -1.55. The molecule has 96 valence electrons. The molecule has 0 radical (unpaired) electrons. The van der Waals surface area contributed by atoms with Crippen LogP contribution in [-0.4, -0.2) is 22.0 Å². The topological polar surface area (TPSA) is 78.8 Å². The molecular formula is C10H7Br2ClN2O3. The van der Waals surface area contributed by atoms with Gasteiger partial charge in [0, 0.05) is 15.9 Å². The summed E-state index contributed by atoms with van der Waals surface area (Å²) in [6.45, 7) is 1.25. The lowest BCUT2D eigenvalue weighted by atomic mass is 10.2. The smallest absolute Gasteiger partial charge is 0.337 e. The van der Waals surface area contributed by atoms with Gasteiger partial charge in [-0.15, -0.1) is 0 Å². The van der Waals surface area contributed by atoms with Crippen LogP contribution < -0.4 is 5.43 Å². The van der Waals surface area contributed by atoms with Gasteiger partial charge in [0.15, 0.2) is 11.0 Å². The molecular weight excluding hydrogens is 391 g/mol. The van der Waals surface area contributed by atoms with E-state index in [1.165, 1.54) is 13.0 Å². The number of nitrogens with zero attached hydrogens (tertiary/aromatic N) is 1. The van der Waals surface area contributed by atoms with E-state index in [4.69, 9.17) is 16.7 Å². The van der Waals surface area contributed by atoms with Crippen LogP contribution in [0.2, 0.25) is 0 Å². The Hall–Kier alpha value is -0.920. The van der Waals surface area contributed by atoms with Crippen molar-refractivity contribution in [3.8, 4) is 0 Å². The fourth-order valence-corrected chi connectivity index (χ4v) is 2.40. The number of hydrazone groups is 1. The number of nitrogens with one attached hydrogen (secondary N) is 1. The van der Waals surface area contributed by atoms with Gasteiger partial charge in [-0.3, -0.25) is 10.2 Å². The highest BCUT2D eigenvalue weighted by atomic mass is 79.9. The lowest BCUT2D eigenvalue weighted by Gasteiger charge is -2.08. The molecule has 1 aromatic rings. The summed E-state index contributed by atoms with van der Waals surface area (Å²) in [7, 11) is 0. The van der Waals surface area contributed by atoms with Crippen LogP contribution in [0.5, 0.6) is 0 Å². The fourth-order valence-electron chi connectivity index (χ4n) is 1.04. The molecule has 0 aliphatic carbocycles. The number of carbonyl (C=O) groups is 2. The summed E-state index contributed by atoms with van der Waals surface area (Å²) >= 11 is 11.9. The molecule has 0 unspecified atom stereocenters.